The van der Waals surface area contributed by atoms with Crippen LogP contribution in [-0.4, -0.2) is 0 Å². The third-order valence-corrected chi connectivity index (χ3v) is 3.77. The molecule has 0 atom stereocenters. The van der Waals surface area contributed by atoms with Crippen LogP contribution in [0.3, 0.4) is 0 Å². The second-order valence-corrected chi connectivity index (χ2v) is 6.79. The third kappa shape index (κ3) is 4.48. The summed E-state index contributed by atoms with van der Waals surface area (Å²) >= 11 is 0. The van der Waals surface area contributed by atoms with Gasteiger partial charge in [0.05, 0.1) is 0 Å². The summed E-state index contributed by atoms with van der Waals surface area (Å²) in [7, 11) is 0. The normalized spacial score (nSPS) is 21.4. The molecule has 14 heavy (non-hydrogen) atoms. The van der Waals surface area contributed by atoms with Crippen LogP contribution in [0.4, 0.5) is 0 Å². The first-order chi connectivity index (χ1) is 6.41. The third-order valence-electron chi connectivity index (χ3n) is 3.77. The first kappa shape index (κ1) is 12.1. The summed E-state index contributed by atoms with van der Waals surface area (Å²) in [6.45, 7) is 9.55. The summed E-state index contributed by atoms with van der Waals surface area (Å²) in [5.41, 5.74) is 1.26. The SMILES string of the molecule is CC(C)(C)CCCCC1(C)CCCC1. The number of hydrogen-bond donors (Lipinski definition) is 0. The van der Waals surface area contributed by atoms with Crippen molar-refractivity contribution in [3.8, 4) is 0 Å². The van der Waals surface area contributed by atoms with Crippen LogP contribution >= 0.6 is 0 Å². The summed E-state index contributed by atoms with van der Waals surface area (Å²) in [5.74, 6) is 0. The highest BCUT2D eigenvalue weighted by Gasteiger charge is 2.27. The Morgan fingerprint density at radius 1 is 1.00 bits per heavy atom. The van der Waals surface area contributed by atoms with Crippen LogP contribution in [0.2, 0.25) is 0 Å². The second-order valence-electron chi connectivity index (χ2n) is 6.79. The molecule has 1 saturated carbocycles. The molecule has 0 radical (unpaired) electrons. The van der Waals surface area contributed by atoms with Gasteiger partial charge in [0.2, 0.25) is 0 Å². The van der Waals surface area contributed by atoms with Gasteiger partial charge in [0, 0.05) is 0 Å². The maximum Gasteiger partial charge on any atom is -0.0326 e. The highest BCUT2D eigenvalue weighted by atomic mass is 14.3. The molecular formula is C14H28. The van der Waals surface area contributed by atoms with Gasteiger partial charge in [-0.2, -0.15) is 0 Å². The molecule has 0 heteroatoms. The van der Waals surface area contributed by atoms with E-state index in [-0.39, 0.29) is 0 Å². The van der Waals surface area contributed by atoms with E-state index in [1.165, 1.54) is 51.4 Å². The molecule has 0 unspecified atom stereocenters. The fraction of sp³-hybridized carbons (Fsp3) is 1.00. The van der Waals surface area contributed by atoms with Crippen LogP contribution in [0.15, 0.2) is 0 Å². The Hall–Kier alpha value is 0. The molecule has 1 fully saturated rings. The maximum absolute atomic E-state index is 2.50. The first-order valence-corrected chi connectivity index (χ1v) is 6.41. The van der Waals surface area contributed by atoms with Crippen LogP contribution in [0.5, 0.6) is 0 Å². The lowest BCUT2D eigenvalue weighted by Crippen LogP contribution is -2.11. The van der Waals surface area contributed by atoms with E-state index in [1.54, 1.807) is 0 Å². The predicted molar refractivity (Wildman–Crippen MR) is 64.5 cm³/mol. The highest BCUT2D eigenvalue weighted by molar-refractivity contribution is 4.80. The van der Waals surface area contributed by atoms with E-state index in [9.17, 15) is 0 Å². The Bertz CT molecular complexity index is 155. The molecule has 0 spiro atoms. The van der Waals surface area contributed by atoms with Gasteiger partial charge in [-0.25, -0.2) is 0 Å². The van der Waals surface area contributed by atoms with Crippen LogP contribution < -0.4 is 0 Å². The summed E-state index contributed by atoms with van der Waals surface area (Å²) in [4.78, 5) is 0. The molecule has 0 nitrogen and oxygen atoms in total. The van der Waals surface area contributed by atoms with Crippen molar-refractivity contribution in [2.45, 2.75) is 79.1 Å². The Morgan fingerprint density at radius 3 is 2.07 bits per heavy atom. The minimum atomic E-state index is 0.538. The summed E-state index contributed by atoms with van der Waals surface area (Å²) < 4.78 is 0. The Morgan fingerprint density at radius 2 is 1.57 bits per heavy atom. The minimum absolute atomic E-state index is 0.538. The van der Waals surface area contributed by atoms with Crippen molar-refractivity contribution >= 4 is 0 Å². The van der Waals surface area contributed by atoms with Gasteiger partial charge in [-0.1, -0.05) is 53.4 Å². The van der Waals surface area contributed by atoms with Gasteiger partial charge < -0.3 is 0 Å². The van der Waals surface area contributed by atoms with Gasteiger partial charge in [0.1, 0.15) is 0 Å². The number of hydrogen-bond acceptors (Lipinski definition) is 0. The molecule has 0 heterocycles. The second kappa shape index (κ2) is 4.68. The summed E-state index contributed by atoms with van der Waals surface area (Å²) in [6.07, 6.45) is 11.7. The monoisotopic (exact) mass is 196 g/mol. The molecular weight excluding hydrogens is 168 g/mol. The number of rotatable bonds is 4. The maximum atomic E-state index is 2.50. The van der Waals surface area contributed by atoms with E-state index in [1.807, 2.05) is 0 Å². The molecule has 0 aromatic heterocycles. The molecule has 1 rings (SSSR count). The molecule has 0 N–H and O–H groups in total. The summed E-state index contributed by atoms with van der Waals surface area (Å²) in [5, 5.41) is 0. The van der Waals surface area contributed by atoms with E-state index in [4.69, 9.17) is 0 Å². The molecule has 0 saturated heterocycles. The van der Waals surface area contributed by atoms with E-state index in [0.29, 0.717) is 5.41 Å². The Labute approximate surface area is 90.5 Å². The quantitative estimate of drug-likeness (QED) is 0.544. The zero-order valence-corrected chi connectivity index (χ0v) is 10.7. The molecule has 0 aliphatic heterocycles. The van der Waals surface area contributed by atoms with Crippen LogP contribution in [0, 0.1) is 10.8 Å². The summed E-state index contributed by atoms with van der Waals surface area (Å²) in [6, 6.07) is 0. The fourth-order valence-corrected chi connectivity index (χ4v) is 2.69. The Kier molecular flexibility index (Phi) is 4.04. The van der Waals surface area contributed by atoms with Crippen LogP contribution in [0.1, 0.15) is 79.1 Å². The molecule has 1 aliphatic rings. The molecule has 0 bridgehead atoms. The minimum Gasteiger partial charge on any atom is -0.0602 e. The van der Waals surface area contributed by atoms with Gasteiger partial charge in [0.15, 0.2) is 0 Å². The topological polar surface area (TPSA) is 0 Å². The van der Waals surface area contributed by atoms with Gasteiger partial charge in [0.25, 0.3) is 0 Å². The average molecular weight is 196 g/mol. The Balaban J connectivity index is 2.09. The molecule has 84 valence electrons. The van der Waals surface area contributed by atoms with E-state index in [2.05, 4.69) is 27.7 Å². The van der Waals surface area contributed by atoms with Gasteiger partial charge in [-0.15, -0.1) is 0 Å². The zero-order chi connectivity index (χ0) is 10.7. The molecule has 0 amide bonds. The van der Waals surface area contributed by atoms with E-state index < -0.39 is 0 Å². The average Bonchev–Trinajstić information content (AvgIpc) is 2.45. The van der Waals surface area contributed by atoms with Gasteiger partial charge >= 0.3 is 0 Å². The van der Waals surface area contributed by atoms with E-state index in [0.717, 1.165) is 5.41 Å². The largest absolute Gasteiger partial charge is 0.0602 e. The molecule has 0 aromatic rings. The first-order valence-electron chi connectivity index (χ1n) is 6.41. The van der Waals surface area contributed by atoms with E-state index >= 15 is 0 Å². The van der Waals surface area contributed by atoms with Crippen molar-refractivity contribution in [2.75, 3.05) is 0 Å². The van der Waals surface area contributed by atoms with Crippen molar-refractivity contribution < 1.29 is 0 Å². The zero-order valence-electron chi connectivity index (χ0n) is 10.7. The standard InChI is InChI=1S/C14H28/c1-13(2,3)9-5-6-10-14(4)11-7-8-12-14/h5-12H2,1-4H3. The lowest BCUT2D eigenvalue weighted by Gasteiger charge is -2.24. The van der Waals surface area contributed by atoms with Crippen LogP contribution in [0.25, 0.3) is 0 Å². The van der Waals surface area contributed by atoms with Crippen molar-refractivity contribution in [2.24, 2.45) is 10.8 Å². The highest BCUT2D eigenvalue weighted by Crippen LogP contribution is 2.41. The predicted octanol–water partition coefficient (Wildman–Crippen LogP) is 5.17. The molecule has 0 aromatic carbocycles. The fourth-order valence-electron chi connectivity index (χ4n) is 2.69. The van der Waals surface area contributed by atoms with Gasteiger partial charge in [-0.05, 0) is 36.5 Å². The number of unbranched alkanes of at least 4 members (excludes halogenated alkanes) is 1. The van der Waals surface area contributed by atoms with Crippen molar-refractivity contribution in [1.82, 2.24) is 0 Å². The van der Waals surface area contributed by atoms with Crippen LogP contribution in [-0.2, 0) is 0 Å². The smallest absolute Gasteiger partial charge is 0.0326 e. The van der Waals surface area contributed by atoms with Crippen molar-refractivity contribution in [3.63, 3.8) is 0 Å². The van der Waals surface area contributed by atoms with Gasteiger partial charge in [-0.3, -0.25) is 0 Å². The lowest BCUT2D eigenvalue weighted by molar-refractivity contribution is 0.279. The van der Waals surface area contributed by atoms with Crippen molar-refractivity contribution in [3.05, 3.63) is 0 Å². The molecule has 1 aliphatic carbocycles. The lowest BCUT2D eigenvalue weighted by atomic mass is 9.81. The van der Waals surface area contributed by atoms with Crippen molar-refractivity contribution in [1.29, 1.82) is 0 Å².